The van der Waals surface area contributed by atoms with Gasteiger partial charge >= 0.3 is 6.18 Å². The molecule has 2 aromatic heterocycles. The molecule has 0 saturated carbocycles. The zero-order valence-corrected chi connectivity index (χ0v) is 21.2. The number of anilines is 2. The topological polar surface area (TPSA) is 48.5 Å². The van der Waals surface area contributed by atoms with Crippen LogP contribution in [0.15, 0.2) is 35.7 Å². The van der Waals surface area contributed by atoms with Gasteiger partial charge in [-0.1, -0.05) is 0 Å². The van der Waals surface area contributed by atoms with Crippen molar-refractivity contribution in [2.24, 2.45) is 0 Å². The quantitative estimate of drug-likeness (QED) is 0.420. The fourth-order valence-corrected chi connectivity index (χ4v) is 6.14. The summed E-state index contributed by atoms with van der Waals surface area (Å²) in [6.07, 6.45) is 1.04. The predicted octanol–water partition coefficient (Wildman–Crippen LogP) is 6.26. The van der Waals surface area contributed by atoms with Crippen LogP contribution in [0.5, 0.6) is 0 Å². The van der Waals surface area contributed by atoms with Crippen LogP contribution >= 0.6 is 11.3 Å². The van der Waals surface area contributed by atoms with Gasteiger partial charge in [-0.05, 0) is 99.0 Å². The van der Waals surface area contributed by atoms with Gasteiger partial charge in [0, 0.05) is 36.6 Å². The van der Waals surface area contributed by atoms with E-state index < -0.39 is 11.1 Å². The highest BCUT2D eigenvalue weighted by molar-refractivity contribution is 7.10. The molecule has 2 aliphatic heterocycles. The number of halogens is 3. The van der Waals surface area contributed by atoms with Crippen molar-refractivity contribution in [2.45, 2.75) is 57.7 Å². The van der Waals surface area contributed by atoms with Crippen molar-refractivity contribution < 1.29 is 18.0 Å². The van der Waals surface area contributed by atoms with E-state index in [1.807, 2.05) is 18.2 Å². The number of aromatic nitrogens is 1. The van der Waals surface area contributed by atoms with Gasteiger partial charge in [0.15, 0.2) is 0 Å². The average molecular weight is 517 g/mol. The first-order chi connectivity index (χ1) is 17.3. The molecule has 3 aromatic rings. The number of carbonyl (C=O) groups is 1. The summed E-state index contributed by atoms with van der Waals surface area (Å²) in [5.74, 6) is 0.780. The zero-order chi connectivity index (χ0) is 25.3. The summed E-state index contributed by atoms with van der Waals surface area (Å²) in [4.78, 5) is 21.7. The SMILES string of the molecule is Cc1cc(N2CCC(N3CCCC3)CC2)nc2ccc(NC(=O)CCc3csc(C(F)(F)F)c3)cc12. The molecular weight excluding hydrogens is 485 g/mol. The van der Waals surface area contributed by atoms with Crippen molar-refractivity contribution in [3.8, 4) is 0 Å². The van der Waals surface area contributed by atoms with Gasteiger partial charge in [-0.25, -0.2) is 4.98 Å². The molecular formula is C27H31F3N4OS. The Bertz CT molecular complexity index is 1230. The van der Waals surface area contributed by atoms with Crippen LogP contribution < -0.4 is 10.2 Å². The Morgan fingerprint density at radius 2 is 1.86 bits per heavy atom. The Labute approximate surface area is 213 Å². The predicted molar refractivity (Wildman–Crippen MR) is 139 cm³/mol. The van der Waals surface area contributed by atoms with Crippen molar-refractivity contribution in [3.63, 3.8) is 0 Å². The Kier molecular flexibility index (Phi) is 7.21. The number of aryl methyl sites for hydroxylation is 2. The fraction of sp³-hybridized carbons (Fsp3) is 0.481. The number of nitrogens with one attached hydrogen (secondary N) is 1. The first kappa shape index (κ1) is 25.0. The summed E-state index contributed by atoms with van der Waals surface area (Å²) < 4.78 is 38.3. The zero-order valence-electron chi connectivity index (χ0n) is 20.4. The van der Waals surface area contributed by atoms with Crippen LogP contribution in [0.3, 0.4) is 0 Å². The molecule has 1 amide bonds. The second-order valence-corrected chi connectivity index (χ2v) is 10.8. The number of hydrogen-bond donors (Lipinski definition) is 1. The minimum Gasteiger partial charge on any atom is -0.356 e. The van der Waals surface area contributed by atoms with E-state index >= 15 is 0 Å². The third kappa shape index (κ3) is 5.67. The highest BCUT2D eigenvalue weighted by Crippen LogP contribution is 2.34. The molecule has 1 N–H and O–H groups in total. The maximum absolute atomic E-state index is 12.8. The first-order valence-corrected chi connectivity index (χ1v) is 13.5. The third-order valence-corrected chi connectivity index (χ3v) is 8.33. The number of piperidine rings is 1. The standard InChI is InChI=1S/C27H31F3N4OS/c1-18-14-25(34-12-8-21(9-13-34)33-10-2-3-11-33)32-23-6-5-20(16-22(18)23)31-26(35)7-4-19-15-24(36-17-19)27(28,29)30/h5-6,14-17,21H,2-4,7-13H2,1H3,(H,31,35). The van der Waals surface area contributed by atoms with Gasteiger partial charge in [0.2, 0.25) is 5.91 Å². The molecule has 0 spiro atoms. The van der Waals surface area contributed by atoms with Crippen molar-refractivity contribution >= 4 is 39.7 Å². The van der Waals surface area contributed by atoms with Crippen LogP contribution in [0.25, 0.3) is 10.9 Å². The molecule has 2 saturated heterocycles. The number of hydrogen-bond acceptors (Lipinski definition) is 5. The normalized spacial score (nSPS) is 17.7. The summed E-state index contributed by atoms with van der Waals surface area (Å²) in [6.45, 7) is 6.57. The minimum atomic E-state index is -4.34. The lowest BCUT2D eigenvalue weighted by atomic mass is 10.0. The van der Waals surface area contributed by atoms with Gasteiger partial charge < -0.3 is 15.1 Å². The summed E-state index contributed by atoms with van der Waals surface area (Å²) in [5, 5.41) is 5.33. The number of rotatable bonds is 6. The van der Waals surface area contributed by atoms with E-state index in [9.17, 15) is 18.0 Å². The molecule has 9 heteroatoms. The van der Waals surface area contributed by atoms with Crippen molar-refractivity contribution in [2.75, 3.05) is 36.4 Å². The maximum atomic E-state index is 12.8. The van der Waals surface area contributed by atoms with Gasteiger partial charge in [-0.3, -0.25) is 4.79 Å². The summed E-state index contributed by atoms with van der Waals surface area (Å²) in [5.41, 5.74) is 3.18. The molecule has 0 unspecified atom stereocenters. The number of alkyl halides is 3. The van der Waals surface area contributed by atoms with E-state index in [0.717, 1.165) is 41.4 Å². The van der Waals surface area contributed by atoms with Crippen molar-refractivity contribution in [1.29, 1.82) is 0 Å². The Morgan fingerprint density at radius 1 is 1.11 bits per heavy atom. The summed E-state index contributed by atoms with van der Waals surface area (Å²) in [7, 11) is 0. The molecule has 36 heavy (non-hydrogen) atoms. The van der Waals surface area contributed by atoms with Crippen LogP contribution in [0.4, 0.5) is 24.7 Å². The van der Waals surface area contributed by atoms with Crippen molar-refractivity contribution in [1.82, 2.24) is 9.88 Å². The number of pyridine rings is 1. The first-order valence-electron chi connectivity index (χ1n) is 12.6. The van der Waals surface area contributed by atoms with Gasteiger partial charge in [0.25, 0.3) is 0 Å². The van der Waals surface area contributed by atoms with Crippen LogP contribution in [-0.2, 0) is 17.4 Å². The Balaban J connectivity index is 1.20. The molecule has 0 atom stereocenters. The average Bonchev–Trinajstić information content (AvgIpc) is 3.56. The van der Waals surface area contributed by atoms with E-state index in [1.54, 1.807) is 0 Å². The second kappa shape index (κ2) is 10.4. The van der Waals surface area contributed by atoms with E-state index in [1.165, 1.54) is 44.2 Å². The van der Waals surface area contributed by atoms with E-state index in [2.05, 4.69) is 28.1 Å². The van der Waals surface area contributed by atoms with E-state index in [4.69, 9.17) is 4.98 Å². The molecule has 192 valence electrons. The number of thiophene rings is 1. The lowest BCUT2D eigenvalue weighted by Crippen LogP contribution is -2.44. The van der Waals surface area contributed by atoms with Crippen LogP contribution in [-0.4, -0.2) is 48.0 Å². The van der Waals surface area contributed by atoms with Crippen LogP contribution in [0, 0.1) is 6.92 Å². The highest BCUT2D eigenvalue weighted by atomic mass is 32.1. The lowest BCUT2D eigenvalue weighted by molar-refractivity contribution is -0.134. The van der Waals surface area contributed by atoms with Crippen LogP contribution in [0.1, 0.15) is 48.1 Å². The molecule has 5 rings (SSSR count). The van der Waals surface area contributed by atoms with Gasteiger partial charge in [-0.2, -0.15) is 13.2 Å². The number of carbonyl (C=O) groups excluding carboxylic acids is 1. The molecule has 5 nitrogen and oxygen atoms in total. The fourth-order valence-electron chi connectivity index (χ4n) is 5.32. The minimum absolute atomic E-state index is 0.121. The largest absolute Gasteiger partial charge is 0.425 e. The number of amides is 1. The summed E-state index contributed by atoms with van der Waals surface area (Å²) in [6, 6.07) is 9.62. The Morgan fingerprint density at radius 3 is 2.56 bits per heavy atom. The molecule has 2 fully saturated rings. The van der Waals surface area contributed by atoms with Crippen molar-refractivity contribution in [3.05, 3.63) is 51.7 Å². The number of nitrogens with zero attached hydrogens (tertiary/aromatic N) is 3. The van der Waals surface area contributed by atoms with Crippen LogP contribution in [0.2, 0.25) is 0 Å². The van der Waals surface area contributed by atoms with E-state index in [-0.39, 0.29) is 18.7 Å². The molecule has 4 heterocycles. The number of fused-ring (bicyclic) bond motifs is 1. The molecule has 1 aromatic carbocycles. The lowest BCUT2D eigenvalue weighted by Gasteiger charge is -2.37. The molecule has 0 bridgehead atoms. The molecule has 2 aliphatic rings. The molecule has 0 radical (unpaired) electrons. The van der Waals surface area contributed by atoms with Gasteiger partial charge in [-0.15, -0.1) is 11.3 Å². The second-order valence-electron chi connectivity index (χ2n) is 9.86. The smallest absolute Gasteiger partial charge is 0.356 e. The number of likely N-dealkylation sites (tertiary alicyclic amines) is 1. The van der Waals surface area contributed by atoms with E-state index in [0.29, 0.717) is 28.6 Å². The molecule has 0 aliphatic carbocycles. The van der Waals surface area contributed by atoms with Gasteiger partial charge in [0.05, 0.1) is 5.52 Å². The highest BCUT2D eigenvalue weighted by Gasteiger charge is 2.32. The maximum Gasteiger partial charge on any atom is 0.425 e. The number of benzene rings is 1. The Hall–Kier alpha value is -2.65. The monoisotopic (exact) mass is 516 g/mol. The van der Waals surface area contributed by atoms with Gasteiger partial charge in [0.1, 0.15) is 10.7 Å². The summed E-state index contributed by atoms with van der Waals surface area (Å²) >= 11 is 0.663. The third-order valence-electron chi connectivity index (χ3n) is 7.31.